The van der Waals surface area contributed by atoms with Crippen LogP contribution in [-0.4, -0.2) is 46.3 Å². The molecular weight excluding hydrogens is 273 g/mol. The van der Waals surface area contributed by atoms with Crippen LogP contribution in [-0.2, 0) is 6.54 Å². The zero-order chi connectivity index (χ0) is 14.6. The van der Waals surface area contributed by atoms with Crippen molar-refractivity contribution in [1.82, 2.24) is 19.8 Å². The summed E-state index contributed by atoms with van der Waals surface area (Å²) in [5.74, 6) is -1.41. The van der Waals surface area contributed by atoms with E-state index in [9.17, 15) is 18.0 Å². The Kier molecular flexibility index (Phi) is 4.51. The lowest BCUT2D eigenvalue weighted by atomic mass is 9.98. The van der Waals surface area contributed by atoms with Gasteiger partial charge in [0.2, 0.25) is 0 Å². The maximum absolute atomic E-state index is 12.6. The maximum atomic E-state index is 12.6. The Morgan fingerprint density at radius 3 is 2.90 bits per heavy atom. The van der Waals surface area contributed by atoms with Crippen molar-refractivity contribution in [2.75, 3.05) is 19.6 Å². The maximum Gasteiger partial charge on any atom is 0.393 e. The molecule has 0 saturated carbocycles. The third-order valence-corrected chi connectivity index (χ3v) is 3.38. The number of halogens is 3. The van der Waals surface area contributed by atoms with Crippen molar-refractivity contribution in [2.45, 2.75) is 25.6 Å². The molecule has 1 N–H and O–H groups in total. The van der Waals surface area contributed by atoms with Gasteiger partial charge in [0.15, 0.2) is 0 Å². The minimum atomic E-state index is -4.23. The number of aromatic nitrogens is 2. The van der Waals surface area contributed by atoms with E-state index in [-0.39, 0.29) is 13.0 Å². The number of nitrogens with one attached hydrogen (secondary N) is 1. The molecule has 2 rings (SSSR count). The van der Waals surface area contributed by atoms with Crippen LogP contribution in [0.4, 0.5) is 18.0 Å². The third-order valence-electron chi connectivity index (χ3n) is 3.38. The number of carbonyl (C=O) groups is 1. The van der Waals surface area contributed by atoms with Crippen LogP contribution in [0.2, 0.25) is 0 Å². The smallest absolute Gasteiger partial charge is 0.336 e. The van der Waals surface area contributed by atoms with Gasteiger partial charge in [0.05, 0.1) is 12.2 Å². The second-order valence-electron chi connectivity index (χ2n) is 4.86. The van der Waals surface area contributed by atoms with Crippen LogP contribution < -0.4 is 5.32 Å². The lowest BCUT2D eigenvalue weighted by Crippen LogP contribution is -2.49. The summed E-state index contributed by atoms with van der Waals surface area (Å²) in [5.41, 5.74) is 0. The van der Waals surface area contributed by atoms with Crippen molar-refractivity contribution >= 4 is 6.03 Å². The Morgan fingerprint density at radius 1 is 1.45 bits per heavy atom. The predicted molar refractivity (Wildman–Crippen MR) is 66.0 cm³/mol. The number of piperidine rings is 1. The number of rotatable bonds is 3. The number of imidazole rings is 1. The summed E-state index contributed by atoms with van der Waals surface area (Å²) in [7, 11) is 0. The lowest BCUT2D eigenvalue weighted by Gasteiger charge is -2.33. The topological polar surface area (TPSA) is 50.2 Å². The zero-order valence-electron chi connectivity index (χ0n) is 10.9. The van der Waals surface area contributed by atoms with E-state index in [4.69, 9.17) is 0 Å². The van der Waals surface area contributed by atoms with Gasteiger partial charge in [0.1, 0.15) is 0 Å². The Balaban J connectivity index is 1.77. The van der Waals surface area contributed by atoms with Crippen LogP contribution in [0, 0.1) is 5.92 Å². The van der Waals surface area contributed by atoms with Crippen molar-refractivity contribution in [1.29, 1.82) is 0 Å². The lowest BCUT2D eigenvalue weighted by molar-refractivity contribution is -0.183. The van der Waals surface area contributed by atoms with Gasteiger partial charge in [0, 0.05) is 38.6 Å². The molecule has 1 unspecified atom stereocenters. The highest BCUT2D eigenvalue weighted by molar-refractivity contribution is 5.74. The Hall–Kier alpha value is -1.73. The first-order valence-corrected chi connectivity index (χ1v) is 6.52. The fourth-order valence-electron chi connectivity index (χ4n) is 2.25. The third kappa shape index (κ3) is 3.88. The second kappa shape index (κ2) is 6.15. The molecule has 8 heteroatoms. The van der Waals surface area contributed by atoms with Gasteiger partial charge in [-0.2, -0.15) is 13.2 Å². The summed E-state index contributed by atoms with van der Waals surface area (Å²) in [6.07, 6.45) is 1.26. The standard InChI is InChI=1S/C12H17F3N4O/c13-12(14,15)10-2-1-5-19(8-10)11(20)17-4-7-18-6-3-16-9-18/h3,6,9-10H,1-2,4-5,7-8H2,(H,17,20). The van der Waals surface area contributed by atoms with Crippen molar-refractivity contribution in [3.05, 3.63) is 18.7 Å². The highest BCUT2D eigenvalue weighted by Crippen LogP contribution is 2.32. The second-order valence-corrected chi connectivity index (χ2v) is 4.86. The molecule has 1 aliphatic rings. The van der Waals surface area contributed by atoms with Crippen molar-refractivity contribution in [3.63, 3.8) is 0 Å². The number of likely N-dealkylation sites (tertiary alicyclic amines) is 1. The minimum Gasteiger partial charge on any atom is -0.336 e. The van der Waals surface area contributed by atoms with E-state index in [0.29, 0.717) is 26.1 Å². The Bertz CT molecular complexity index is 432. The number of alkyl halides is 3. The molecule has 20 heavy (non-hydrogen) atoms. The Labute approximate surface area is 114 Å². The van der Waals surface area contributed by atoms with E-state index in [0.717, 1.165) is 0 Å². The first-order valence-electron chi connectivity index (χ1n) is 6.52. The summed E-state index contributed by atoms with van der Waals surface area (Å²) in [4.78, 5) is 16.9. The zero-order valence-corrected chi connectivity index (χ0v) is 10.9. The Morgan fingerprint density at radius 2 is 2.25 bits per heavy atom. The molecule has 0 bridgehead atoms. The summed E-state index contributed by atoms with van der Waals surface area (Å²) in [6.45, 7) is 1.04. The number of amides is 2. The molecule has 0 aromatic carbocycles. The van der Waals surface area contributed by atoms with Gasteiger partial charge in [0.25, 0.3) is 0 Å². The summed E-state index contributed by atoms with van der Waals surface area (Å²) >= 11 is 0. The van der Waals surface area contributed by atoms with Gasteiger partial charge >= 0.3 is 12.2 Å². The molecule has 1 aliphatic heterocycles. The van der Waals surface area contributed by atoms with Crippen LogP contribution in [0.25, 0.3) is 0 Å². The normalized spacial score (nSPS) is 19.9. The molecule has 1 atom stereocenters. The largest absolute Gasteiger partial charge is 0.393 e. The van der Waals surface area contributed by atoms with Crippen LogP contribution in [0.3, 0.4) is 0 Å². The van der Waals surface area contributed by atoms with E-state index >= 15 is 0 Å². The van der Waals surface area contributed by atoms with Gasteiger partial charge in [-0.05, 0) is 12.8 Å². The van der Waals surface area contributed by atoms with E-state index in [1.54, 1.807) is 23.3 Å². The molecule has 1 fully saturated rings. The van der Waals surface area contributed by atoms with Crippen molar-refractivity contribution in [2.24, 2.45) is 5.92 Å². The summed E-state index contributed by atoms with van der Waals surface area (Å²) in [6, 6.07) is -0.431. The molecular formula is C12H17F3N4O. The average Bonchev–Trinajstić information content (AvgIpc) is 2.91. The molecule has 1 aromatic heterocycles. The van der Waals surface area contributed by atoms with Gasteiger partial charge in [-0.15, -0.1) is 0 Å². The van der Waals surface area contributed by atoms with Gasteiger partial charge < -0.3 is 14.8 Å². The van der Waals surface area contributed by atoms with E-state index in [2.05, 4.69) is 10.3 Å². The molecule has 5 nitrogen and oxygen atoms in total. The van der Waals surface area contributed by atoms with Crippen molar-refractivity contribution in [3.8, 4) is 0 Å². The number of hydrogen-bond acceptors (Lipinski definition) is 2. The van der Waals surface area contributed by atoms with Crippen LogP contribution >= 0.6 is 0 Å². The minimum absolute atomic E-state index is 0.0995. The molecule has 112 valence electrons. The number of carbonyl (C=O) groups excluding carboxylic acids is 1. The fourth-order valence-corrected chi connectivity index (χ4v) is 2.25. The number of nitrogens with zero attached hydrogens (tertiary/aromatic N) is 3. The molecule has 1 saturated heterocycles. The summed E-state index contributed by atoms with van der Waals surface area (Å²) < 4.78 is 39.7. The predicted octanol–water partition coefficient (Wildman–Crippen LogP) is 1.87. The fraction of sp³-hybridized carbons (Fsp3) is 0.667. The molecule has 0 radical (unpaired) electrons. The van der Waals surface area contributed by atoms with Gasteiger partial charge in [-0.1, -0.05) is 0 Å². The number of hydrogen-bond donors (Lipinski definition) is 1. The highest BCUT2D eigenvalue weighted by atomic mass is 19.4. The number of urea groups is 1. The first kappa shape index (κ1) is 14.7. The molecule has 2 amide bonds. The quantitative estimate of drug-likeness (QED) is 0.924. The summed E-state index contributed by atoms with van der Waals surface area (Å²) in [5, 5.41) is 2.63. The van der Waals surface area contributed by atoms with E-state index in [1.165, 1.54) is 4.90 Å². The van der Waals surface area contributed by atoms with Crippen LogP contribution in [0.1, 0.15) is 12.8 Å². The van der Waals surface area contributed by atoms with Crippen molar-refractivity contribution < 1.29 is 18.0 Å². The van der Waals surface area contributed by atoms with Crippen LogP contribution in [0.15, 0.2) is 18.7 Å². The van der Waals surface area contributed by atoms with Crippen LogP contribution in [0.5, 0.6) is 0 Å². The van der Waals surface area contributed by atoms with E-state index < -0.39 is 18.1 Å². The van der Waals surface area contributed by atoms with Gasteiger partial charge in [-0.3, -0.25) is 0 Å². The molecule has 1 aromatic rings. The highest BCUT2D eigenvalue weighted by Gasteiger charge is 2.42. The molecule has 2 heterocycles. The van der Waals surface area contributed by atoms with Gasteiger partial charge in [-0.25, -0.2) is 9.78 Å². The first-order chi connectivity index (χ1) is 9.47. The van der Waals surface area contributed by atoms with E-state index in [1.807, 2.05) is 0 Å². The molecule has 0 spiro atoms. The average molecular weight is 290 g/mol. The monoisotopic (exact) mass is 290 g/mol. The molecule has 0 aliphatic carbocycles. The SMILES string of the molecule is O=C(NCCn1ccnc1)N1CCCC(C(F)(F)F)C1.